The van der Waals surface area contributed by atoms with Gasteiger partial charge in [-0.3, -0.25) is 4.79 Å². The van der Waals surface area contributed by atoms with Gasteiger partial charge < -0.3 is 19.2 Å². The lowest BCUT2D eigenvalue weighted by molar-refractivity contribution is -0.121. The predicted molar refractivity (Wildman–Crippen MR) is 118 cm³/mol. The summed E-state index contributed by atoms with van der Waals surface area (Å²) in [5.41, 5.74) is 4.42. The number of carbonyl (C=O) groups excluding carboxylic acids is 1. The minimum Gasteiger partial charge on any atom is -0.490 e. The molecule has 0 unspecified atom stereocenters. The zero-order valence-corrected chi connectivity index (χ0v) is 18.2. The third-order valence-corrected chi connectivity index (χ3v) is 5.56. The fraction of sp³-hybridized carbons (Fsp3) is 0.360. The fourth-order valence-electron chi connectivity index (χ4n) is 3.52. The highest BCUT2D eigenvalue weighted by molar-refractivity contribution is 5.76. The highest BCUT2D eigenvalue weighted by Crippen LogP contribution is 2.32. The lowest BCUT2D eigenvalue weighted by atomic mass is 10.1. The van der Waals surface area contributed by atoms with Crippen molar-refractivity contribution in [1.29, 1.82) is 0 Å². The van der Waals surface area contributed by atoms with Crippen LogP contribution in [-0.2, 0) is 11.2 Å². The smallest absolute Gasteiger partial charge is 0.220 e. The number of benzene rings is 2. The first-order chi connectivity index (χ1) is 15.0. The number of carbonyl (C=O) groups is 1. The minimum absolute atomic E-state index is 0.0504. The van der Waals surface area contributed by atoms with E-state index in [-0.39, 0.29) is 11.9 Å². The van der Waals surface area contributed by atoms with Crippen molar-refractivity contribution in [3.05, 3.63) is 65.2 Å². The van der Waals surface area contributed by atoms with Crippen molar-refractivity contribution in [2.45, 2.75) is 46.1 Å². The molecule has 0 saturated heterocycles. The van der Waals surface area contributed by atoms with Gasteiger partial charge in [-0.25, -0.2) is 4.98 Å². The van der Waals surface area contributed by atoms with Crippen molar-refractivity contribution in [2.24, 2.45) is 0 Å². The Labute approximate surface area is 182 Å². The maximum absolute atomic E-state index is 12.5. The van der Waals surface area contributed by atoms with Crippen LogP contribution < -0.4 is 14.8 Å². The number of ether oxygens (including phenoxy) is 2. The highest BCUT2D eigenvalue weighted by atomic mass is 16.5. The molecule has 0 aliphatic carbocycles. The van der Waals surface area contributed by atoms with Crippen LogP contribution in [-0.4, -0.2) is 24.1 Å². The molecular formula is C25H28N2O4. The van der Waals surface area contributed by atoms with Crippen molar-refractivity contribution in [1.82, 2.24) is 10.3 Å². The Bertz CT molecular complexity index is 1070. The van der Waals surface area contributed by atoms with E-state index in [2.05, 4.69) is 36.3 Å². The van der Waals surface area contributed by atoms with Gasteiger partial charge in [0, 0.05) is 24.8 Å². The van der Waals surface area contributed by atoms with E-state index < -0.39 is 0 Å². The van der Waals surface area contributed by atoms with Crippen molar-refractivity contribution >= 4 is 5.91 Å². The van der Waals surface area contributed by atoms with E-state index in [1.165, 1.54) is 11.1 Å². The molecule has 2 aromatic carbocycles. The summed E-state index contributed by atoms with van der Waals surface area (Å²) < 4.78 is 17.3. The maximum atomic E-state index is 12.5. The molecule has 31 heavy (non-hydrogen) atoms. The molecule has 6 heteroatoms. The molecule has 0 spiro atoms. The van der Waals surface area contributed by atoms with Gasteiger partial charge in [-0.1, -0.05) is 18.2 Å². The van der Waals surface area contributed by atoms with E-state index in [0.717, 1.165) is 34.8 Å². The minimum atomic E-state index is -0.139. The molecule has 1 amide bonds. The summed E-state index contributed by atoms with van der Waals surface area (Å²) in [5.74, 6) is 2.72. The van der Waals surface area contributed by atoms with E-state index in [1.54, 1.807) is 6.20 Å². The molecular weight excluding hydrogens is 392 g/mol. The third kappa shape index (κ3) is 5.08. The number of hydrogen-bond donors (Lipinski definition) is 1. The third-order valence-electron chi connectivity index (χ3n) is 5.56. The van der Waals surface area contributed by atoms with Gasteiger partial charge in [0.2, 0.25) is 5.91 Å². The molecule has 1 aliphatic rings. The average Bonchev–Trinajstić information content (AvgIpc) is 3.11. The van der Waals surface area contributed by atoms with E-state index in [1.807, 2.05) is 31.2 Å². The van der Waals surface area contributed by atoms with Gasteiger partial charge >= 0.3 is 0 Å². The Balaban J connectivity index is 1.33. The zero-order valence-electron chi connectivity index (χ0n) is 18.2. The molecule has 0 radical (unpaired) electrons. The number of nitrogens with one attached hydrogen (secondary N) is 1. The Kier molecular flexibility index (Phi) is 6.26. The van der Waals surface area contributed by atoms with Crippen molar-refractivity contribution < 1.29 is 18.7 Å². The van der Waals surface area contributed by atoms with E-state index in [9.17, 15) is 4.79 Å². The molecule has 0 saturated carbocycles. The van der Waals surface area contributed by atoms with Crippen molar-refractivity contribution in [3.63, 3.8) is 0 Å². The number of nitrogens with zero attached hydrogens (tertiary/aromatic N) is 1. The number of fused-ring (bicyclic) bond motifs is 1. The maximum Gasteiger partial charge on any atom is 0.220 e. The average molecular weight is 421 g/mol. The molecule has 1 aliphatic heterocycles. The van der Waals surface area contributed by atoms with Crippen LogP contribution in [0.4, 0.5) is 0 Å². The van der Waals surface area contributed by atoms with Crippen LogP contribution in [0.3, 0.4) is 0 Å². The number of oxazole rings is 1. The molecule has 1 N–H and O–H groups in total. The van der Waals surface area contributed by atoms with Crippen molar-refractivity contribution in [3.8, 4) is 22.8 Å². The van der Waals surface area contributed by atoms with Gasteiger partial charge in [-0.15, -0.1) is 0 Å². The molecule has 1 atom stereocenters. The summed E-state index contributed by atoms with van der Waals surface area (Å²) in [6, 6.07) is 11.8. The number of aryl methyl sites for hydroxylation is 3. The summed E-state index contributed by atoms with van der Waals surface area (Å²) >= 11 is 0. The first-order valence-corrected chi connectivity index (χ1v) is 10.7. The summed E-state index contributed by atoms with van der Waals surface area (Å²) in [6.07, 6.45) is 3.34. The Morgan fingerprint density at radius 1 is 1.06 bits per heavy atom. The second kappa shape index (κ2) is 9.25. The second-order valence-corrected chi connectivity index (χ2v) is 7.96. The SMILES string of the molecule is Cc1ccc(-c2cnc(CCC(=O)N[C@H](C)c3ccc4c(c3)OCCCO4)o2)cc1C. The summed E-state index contributed by atoms with van der Waals surface area (Å²) in [6.45, 7) is 7.41. The van der Waals surface area contributed by atoms with Gasteiger partial charge in [0.05, 0.1) is 25.5 Å². The summed E-state index contributed by atoms with van der Waals surface area (Å²) in [4.78, 5) is 16.8. The number of rotatable bonds is 6. The van der Waals surface area contributed by atoms with Gasteiger partial charge in [0.15, 0.2) is 23.1 Å². The summed E-state index contributed by atoms with van der Waals surface area (Å²) in [5, 5.41) is 3.04. The normalized spacial score (nSPS) is 14.0. The lowest BCUT2D eigenvalue weighted by Crippen LogP contribution is -2.26. The Morgan fingerprint density at radius 3 is 2.68 bits per heavy atom. The zero-order chi connectivity index (χ0) is 21.8. The van der Waals surface area contributed by atoms with Gasteiger partial charge in [0.25, 0.3) is 0 Å². The molecule has 162 valence electrons. The first-order valence-electron chi connectivity index (χ1n) is 10.7. The molecule has 0 fully saturated rings. The number of hydrogen-bond acceptors (Lipinski definition) is 5. The van der Waals surface area contributed by atoms with E-state index in [0.29, 0.717) is 31.9 Å². The number of aromatic nitrogens is 1. The second-order valence-electron chi connectivity index (χ2n) is 7.96. The molecule has 0 bridgehead atoms. The predicted octanol–water partition coefficient (Wildman–Crippen LogP) is 4.93. The standard InChI is InChI=1S/C25H28N2O4/c1-16-5-6-20(13-17(16)2)23-15-26-25(31-23)10-9-24(28)27-18(3)19-7-8-21-22(14-19)30-12-4-11-29-21/h5-8,13-15,18H,4,9-12H2,1-3H3,(H,27,28)/t18-/m1/s1. The van der Waals surface area contributed by atoms with Crippen LogP contribution in [0.5, 0.6) is 11.5 Å². The molecule has 4 rings (SSSR count). The number of amides is 1. The molecule has 6 nitrogen and oxygen atoms in total. The topological polar surface area (TPSA) is 73.6 Å². The lowest BCUT2D eigenvalue weighted by Gasteiger charge is -2.16. The van der Waals surface area contributed by atoms with Gasteiger partial charge in [0.1, 0.15) is 0 Å². The van der Waals surface area contributed by atoms with Gasteiger partial charge in [-0.2, -0.15) is 0 Å². The van der Waals surface area contributed by atoms with Crippen LogP contribution in [0.15, 0.2) is 47.0 Å². The van der Waals surface area contributed by atoms with E-state index in [4.69, 9.17) is 13.9 Å². The molecule has 1 aromatic heterocycles. The van der Waals surface area contributed by atoms with Crippen LogP contribution in [0.2, 0.25) is 0 Å². The molecule has 2 heterocycles. The van der Waals surface area contributed by atoms with Crippen LogP contribution >= 0.6 is 0 Å². The largest absolute Gasteiger partial charge is 0.490 e. The van der Waals surface area contributed by atoms with Crippen LogP contribution in [0, 0.1) is 13.8 Å². The quantitative estimate of drug-likeness (QED) is 0.612. The molecule has 3 aromatic rings. The first kappa shape index (κ1) is 21.0. The van der Waals surface area contributed by atoms with Crippen LogP contribution in [0.25, 0.3) is 11.3 Å². The van der Waals surface area contributed by atoms with Crippen molar-refractivity contribution in [2.75, 3.05) is 13.2 Å². The fourth-order valence-corrected chi connectivity index (χ4v) is 3.52. The monoisotopic (exact) mass is 420 g/mol. The van der Waals surface area contributed by atoms with E-state index >= 15 is 0 Å². The Morgan fingerprint density at radius 2 is 1.87 bits per heavy atom. The van der Waals surface area contributed by atoms with Crippen LogP contribution in [0.1, 0.15) is 48.4 Å². The Hall–Kier alpha value is -3.28. The van der Waals surface area contributed by atoms with Gasteiger partial charge in [-0.05, 0) is 55.7 Å². The summed E-state index contributed by atoms with van der Waals surface area (Å²) in [7, 11) is 0. The highest BCUT2D eigenvalue weighted by Gasteiger charge is 2.16.